The van der Waals surface area contributed by atoms with Crippen LogP contribution in [-0.4, -0.2) is 48.9 Å². The maximum Gasteiger partial charge on any atom is 0.237 e. The Morgan fingerprint density at radius 3 is 2.81 bits per heavy atom. The smallest absolute Gasteiger partial charge is 0.237 e. The summed E-state index contributed by atoms with van der Waals surface area (Å²) < 4.78 is 0. The maximum atomic E-state index is 12.4. The molecule has 1 aliphatic heterocycles. The first kappa shape index (κ1) is 19.6. The lowest BCUT2D eigenvalue weighted by atomic mass is 9.97. The highest BCUT2D eigenvalue weighted by atomic mass is 16.2. The number of hydrogen-bond acceptors (Lipinski definition) is 3. The average molecular weight is 370 g/mol. The van der Waals surface area contributed by atoms with Gasteiger partial charge in [-0.3, -0.25) is 14.5 Å². The number of nitrogens with zero attached hydrogens (tertiary/aromatic N) is 1. The number of benzene rings is 1. The third-order valence-corrected chi connectivity index (χ3v) is 5.50. The molecular weight excluding hydrogens is 338 g/mol. The Bertz CT molecular complexity index is 657. The zero-order valence-corrected chi connectivity index (χ0v) is 16.1. The van der Waals surface area contributed by atoms with Crippen LogP contribution >= 0.6 is 0 Å². The van der Waals surface area contributed by atoms with Gasteiger partial charge in [-0.15, -0.1) is 0 Å². The number of rotatable bonds is 8. The van der Waals surface area contributed by atoms with Gasteiger partial charge in [-0.25, -0.2) is 0 Å². The summed E-state index contributed by atoms with van der Waals surface area (Å²) in [5.74, 6) is -0.0578. The van der Waals surface area contributed by atoms with E-state index in [0.717, 1.165) is 32.4 Å². The van der Waals surface area contributed by atoms with E-state index >= 15 is 0 Å². The average Bonchev–Trinajstić information content (AvgIpc) is 2.70. The summed E-state index contributed by atoms with van der Waals surface area (Å²) in [4.78, 5) is 26.9. The second-order valence-electron chi connectivity index (χ2n) is 7.49. The number of piperazine rings is 1. The number of carbonyl (C=O) groups excluding carboxylic acids is 2. The first-order chi connectivity index (χ1) is 13.2. The van der Waals surface area contributed by atoms with Crippen molar-refractivity contribution in [1.82, 2.24) is 15.5 Å². The molecule has 1 saturated heterocycles. The summed E-state index contributed by atoms with van der Waals surface area (Å²) in [6.07, 6.45) is 9.25. The van der Waals surface area contributed by atoms with Crippen LogP contribution in [0.15, 0.2) is 42.0 Å². The quantitative estimate of drug-likeness (QED) is 0.692. The largest absolute Gasteiger partial charge is 0.356 e. The topological polar surface area (TPSA) is 61.4 Å². The van der Waals surface area contributed by atoms with E-state index in [1.807, 2.05) is 18.2 Å². The van der Waals surface area contributed by atoms with Crippen molar-refractivity contribution in [2.45, 2.75) is 51.0 Å². The van der Waals surface area contributed by atoms with E-state index in [1.165, 1.54) is 30.4 Å². The van der Waals surface area contributed by atoms with Crippen LogP contribution < -0.4 is 10.6 Å². The number of nitrogens with one attached hydrogen (secondary N) is 2. The Labute approximate surface area is 162 Å². The van der Waals surface area contributed by atoms with Crippen LogP contribution in [0.5, 0.6) is 0 Å². The number of amides is 2. The van der Waals surface area contributed by atoms with Crippen LogP contribution in [0.25, 0.3) is 0 Å². The molecule has 146 valence electrons. The van der Waals surface area contributed by atoms with Gasteiger partial charge in [0.05, 0.1) is 12.5 Å². The van der Waals surface area contributed by atoms with Crippen molar-refractivity contribution in [1.29, 1.82) is 0 Å². The summed E-state index contributed by atoms with van der Waals surface area (Å²) in [5.41, 5.74) is 2.72. The highest BCUT2D eigenvalue weighted by Crippen LogP contribution is 2.19. The molecule has 2 amide bonds. The van der Waals surface area contributed by atoms with Gasteiger partial charge in [-0.1, -0.05) is 42.0 Å². The van der Waals surface area contributed by atoms with Crippen LogP contribution in [0.4, 0.5) is 0 Å². The Morgan fingerprint density at radius 2 is 2.04 bits per heavy atom. The van der Waals surface area contributed by atoms with Gasteiger partial charge < -0.3 is 10.6 Å². The van der Waals surface area contributed by atoms with E-state index < -0.39 is 0 Å². The summed E-state index contributed by atoms with van der Waals surface area (Å²) in [7, 11) is 0. The van der Waals surface area contributed by atoms with Crippen LogP contribution in [0.1, 0.15) is 44.1 Å². The molecule has 1 aromatic carbocycles. The van der Waals surface area contributed by atoms with E-state index in [9.17, 15) is 9.59 Å². The van der Waals surface area contributed by atoms with Crippen LogP contribution in [0, 0.1) is 0 Å². The van der Waals surface area contributed by atoms with Crippen LogP contribution in [0.2, 0.25) is 0 Å². The van der Waals surface area contributed by atoms with Crippen molar-refractivity contribution < 1.29 is 9.59 Å². The molecule has 1 atom stereocenters. The lowest BCUT2D eigenvalue weighted by Gasteiger charge is -2.34. The van der Waals surface area contributed by atoms with E-state index in [4.69, 9.17) is 0 Å². The summed E-state index contributed by atoms with van der Waals surface area (Å²) >= 11 is 0. The number of allylic oxidation sites excluding steroid dienone is 1. The molecule has 2 N–H and O–H groups in total. The zero-order chi connectivity index (χ0) is 18.9. The Hall–Kier alpha value is -2.14. The molecular formula is C22H31N3O2. The van der Waals surface area contributed by atoms with E-state index in [1.54, 1.807) is 0 Å². The maximum absolute atomic E-state index is 12.4. The van der Waals surface area contributed by atoms with Crippen molar-refractivity contribution in [2.24, 2.45) is 0 Å². The third kappa shape index (κ3) is 6.21. The summed E-state index contributed by atoms with van der Waals surface area (Å²) in [5, 5.41) is 5.91. The van der Waals surface area contributed by atoms with Gasteiger partial charge in [-0.05, 0) is 44.1 Å². The minimum atomic E-state index is -0.364. The first-order valence-electron chi connectivity index (χ1n) is 10.2. The summed E-state index contributed by atoms with van der Waals surface area (Å²) in [6.45, 7) is 2.91. The van der Waals surface area contributed by atoms with Crippen LogP contribution in [0.3, 0.4) is 0 Å². The van der Waals surface area contributed by atoms with Gasteiger partial charge in [0.1, 0.15) is 0 Å². The van der Waals surface area contributed by atoms with Crippen molar-refractivity contribution in [3.8, 4) is 0 Å². The van der Waals surface area contributed by atoms with E-state index in [2.05, 4.69) is 33.7 Å². The molecule has 27 heavy (non-hydrogen) atoms. The van der Waals surface area contributed by atoms with Crippen molar-refractivity contribution in [3.05, 3.63) is 47.5 Å². The lowest BCUT2D eigenvalue weighted by Crippen LogP contribution is -2.56. The fourth-order valence-electron chi connectivity index (χ4n) is 3.91. The van der Waals surface area contributed by atoms with Crippen molar-refractivity contribution in [3.63, 3.8) is 0 Å². The first-order valence-corrected chi connectivity index (χ1v) is 10.2. The van der Waals surface area contributed by atoms with Gasteiger partial charge in [0, 0.05) is 26.2 Å². The molecule has 5 heteroatoms. The molecule has 0 spiro atoms. The van der Waals surface area contributed by atoms with E-state index in [-0.39, 0.29) is 24.3 Å². The lowest BCUT2D eigenvalue weighted by molar-refractivity contribution is -0.133. The second kappa shape index (κ2) is 10.3. The van der Waals surface area contributed by atoms with Gasteiger partial charge in [0.15, 0.2) is 0 Å². The molecule has 1 heterocycles. The molecule has 0 bridgehead atoms. The molecule has 0 saturated carbocycles. The van der Waals surface area contributed by atoms with Gasteiger partial charge >= 0.3 is 0 Å². The highest BCUT2D eigenvalue weighted by molar-refractivity contribution is 5.88. The predicted molar refractivity (Wildman–Crippen MR) is 107 cm³/mol. The normalized spacial score (nSPS) is 20.7. The summed E-state index contributed by atoms with van der Waals surface area (Å²) in [6, 6.07) is 9.91. The molecule has 0 aromatic heterocycles. The molecule has 2 aliphatic rings. The van der Waals surface area contributed by atoms with Gasteiger partial charge in [-0.2, -0.15) is 0 Å². The van der Waals surface area contributed by atoms with Crippen LogP contribution in [-0.2, 0) is 16.0 Å². The minimum absolute atomic E-state index is 0.0283. The number of hydrogen-bond donors (Lipinski definition) is 2. The fraction of sp³-hybridized carbons (Fsp3) is 0.545. The standard InChI is InChI=1S/C22H31N3O2/c26-21(23-13-11-18-7-3-1-4-8-18)17-20-22(27)24-14-16-25(20)15-12-19-9-5-2-6-10-19/h2,5-7,9-10,20H,1,3-4,8,11-17H2,(H,23,26)(H,24,27). The Kier molecular flexibility index (Phi) is 7.45. The molecule has 1 aromatic rings. The van der Waals surface area contributed by atoms with E-state index in [0.29, 0.717) is 13.1 Å². The zero-order valence-electron chi connectivity index (χ0n) is 16.1. The minimum Gasteiger partial charge on any atom is -0.356 e. The molecule has 1 aliphatic carbocycles. The molecule has 3 rings (SSSR count). The monoisotopic (exact) mass is 369 g/mol. The third-order valence-electron chi connectivity index (χ3n) is 5.50. The molecule has 0 radical (unpaired) electrons. The van der Waals surface area contributed by atoms with Gasteiger partial charge in [0.25, 0.3) is 0 Å². The molecule has 5 nitrogen and oxygen atoms in total. The SMILES string of the molecule is O=C(CC1C(=O)NCCN1CCc1ccccc1)NCCC1=CCCCC1. The second-order valence-corrected chi connectivity index (χ2v) is 7.49. The Balaban J connectivity index is 1.46. The predicted octanol–water partition coefficient (Wildman–Crippen LogP) is 2.43. The fourth-order valence-corrected chi connectivity index (χ4v) is 3.91. The molecule has 1 unspecified atom stereocenters. The molecule has 1 fully saturated rings. The van der Waals surface area contributed by atoms with Crippen molar-refractivity contribution >= 4 is 11.8 Å². The van der Waals surface area contributed by atoms with Gasteiger partial charge in [0.2, 0.25) is 11.8 Å². The van der Waals surface area contributed by atoms with Crippen molar-refractivity contribution in [2.75, 3.05) is 26.2 Å². The highest BCUT2D eigenvalue weighted by Gasteiger charge is 2.31. The Morgan fingerprint density at radius 1 is 1.19 bits per heavy atom. The number of carbonyl (C=O) groups is 2.